The van der Waals surface area contributed by atoms with Crippen LogP contribution in [0.1, 0.15) is 33.3 Å². The minimum atomic E-state index is -1.83. The molecule has 26 heavy (non-hydrogen) atoms. The number of benzene rings is 1. The molecule has 0 saturated heterocycles. The average Bonchev–Trinajstić information content (AvgIpc) is 2.59. The largest absolute Gasteiger partial charge is 0.497 e. The van der Waals surface area contributed by atoms with Crippen molar-refractivity contribution < 1.29 is 19.0 Å². The van der Waals surface area contributed by atoms with Gasteiger partial charge in [0.15, 0.2) is 8.32 Å². The predicted octanol–water partition coefficient (Wildman–Crippen LogP) is 4.79. The minimum Gasteiger partial charge on any atom is -0.497 e. The van der Waals surface area contributed by atoms with Gasteiger partial charge < -0.3 is 19.0 Å². The lowest BCUT2D eigenvalue weighted by Gasteiger charge is -2.38. The van der Waals surface area contributed by atoms with Gasteiger partial charge in [0.25, 0.3) is 0 Å². The van der Waals surface area contributed by atoms with Gasteiger partial charge in [0, 0.05) is 12.5 Å². The summed E-state index contributed by atoms with van der Waals surface area (Å²) >= 11 is 0. The van der Waals surface area contributed by atoms with Gasteiger partial charge in [0.2, 0.25) is 0 Å². The van der Waals surface area contributed by atoms with E-state index in [1.54, 1.807) is 7.11 Å². The molecule has 5 heteroatoms. The van der Waals surface area contributed by atoms with Crippen LogP contribution in [0.25, 0.3) is 0 Å². The molecule has 148 valence electrons. The van der Waals surface area contributed by atoms with Crippen LogP contribution in [0.5, 0.6) is 5.75 Å². The highest BCUT2D eigenvalue weighted by Gasteiger charge is 2.38. The van der Waals surface area contributed by atoms with Gasteiger partial charge >= 0.3 is 0 Å². The third-order valence-electron chi connectivity index (χ3n) is 5.25. The van der Waals surface area contributed by atoms with E-state index in [0.717, 1.165) is 11.3 Å². The molecule has 1 N–H and O–H groups in total. The van der Waals surface area contributed by atoms with Crippen molar-refractivity contribution in [3.63, 3.8) is 0 Å². The second kappa shape index (κ2) is 9.69. The predicted molar refractivity (Wildman–Crippen MR) is 110 cm³/mol. The van der Waals surface area contributed by atoms with Gasteiger partial charge in [0.1, 0.15) is 5.75 Å². The summed E-state index contributed by atoms with van der Waals surface area (Å²) in [6.45, 7) is 17.9. The van der Waals surface area contributed by atoms with Crippen molar-refractivity contribution in [3.05, 3.63) is 42.5 Å². The van der Waals surface area contributed by atoms with Crippen LogP contribution in [0.15, 0.2) is 36.9 Å². The van der Waals surface area contributed by atoms with E-state index in [2.05, 4.69) is 47.4 Å². The SMILES string of the molecule is C=C[C@H](O)[C@@H](OCc1ccc(OC)cc1)[C@H](C)CO[Si](C)(C)C(C)(C)C. The van der Waals surface area contributed by atoms with Gasteiger partial charge in [0.05, 0.1) is 25.9 Å². The lowest BCUT2D eigenvalue weighted by Crippen LogP contribution is -2.44. The summed E-state index contributed by atoms with van der Waals surface area (Å²) in [7, 11) is -0.188. The van der Waals surface area contributed by atoms with Gasteiger partial charge in [-0.2, -0.15) is 0 Å². The number of aliphatic hydroxyl groups excluding tert-OH is 1. The number of aliphatic hydroxyl groups is 1. The summed E-state index contributed by atoms with van der Waals surface area (Å²) in [4.78, 5) is 0. The maximum atomic E-state index is 10.3. The summed E-state index contributed by atoms with van der Waals surface area (Å²) in [6.07, 6.45) is 0.437. The van der Waals surface area contributed by atoms with Crippen LogP contribution >= 0.6 is 0 Å². The maximum absolute atomic E-state index is 10.3. The van der Waals surface area contributed by atoms with Crippen molar-refractivity contribution in [1.29, 1.82) is 0 Å². The third-order valence-corrected chi connectivity index (χ3v) is 9.75. The van der Waals surface area contributed by atoms with E-state index in [0.29, 0.717) is 13.2 Å². The molecule has 0 aliphatic rings. The van der Waals surface area contributed by atoms with E-state index in [1.165, 1.54) is 6.08 Å². The first-order valence-electron chi connectivity index (χ1n) is 9.21. The van der Waals surface area contributed by atoms with Crippen LogP contribution in [0.3, 0.4) is 0 Å². The summed E-state index contributed by atoms with van der Waals surface area (Å²) in [5.74, 6) is 0.864. The fourth-order valence-corrected chi connectivity index (χ4v) is 3.41. The molecule has 1 rings (SSSR count). The Balaban J connectivity index is 2.71. The van der Waals surface area contributed by atoms with Crippen molar-refractivity contribution >= 4 is 8.32 Å². The van der Waals surface area contributed by atoms with Crippen LogP contribution in [0.2, 0.25) is 18.1 Å². The lowest BCUT2D eigenvalue weighted by atomic mass is 10.0. The zero-order valence-corrected chi connectivity index (χ0v) is 18.4. The average molecular weight is 381 g/mol. The van der Waals surface area contributed by atoms with Crippen LogP contribution < -0.4 is 4.74 Å². The Morgan fingerprint density at radius 3 is 2.23 bits per heavy atom. The second-order valence-corrected chi connectivity index (χ2v) is 13.2. The van der Waals surface area contributed by atoms with Gasteiger partial charge in [-0.05, 0) is 35.8 Å². The molecule has 4 nitrogen and oxygen atoms in total. The summed E-state index contributed by atoms with van der Waals surface area (Å²) in [5.41, 5.74) is 1.03. The van der Waals surface area contributed by atoms with Crippen LogP contribution in [0, 0.1) is 5.92 Å². The topological polar surface area (TPSA) is 47.9 Å². The summed E-state index contributed by atoms with van der Waals surface area (Å²) < 4.78 is 17.5. The molecule has 0 unspecified atom stereocenters. The zero-order valence-electron chi connectivity index (χ0n) is 17.4. The number of hydrogen-bond donors (Lipinski definition) is 1. The van der Waals surface area contributed by atoms with E-state index in [4.69, 9.17) is 13.9 Å². The molecule has 1 aromatic rings. The standard InChI is InChI=1S/C21H36O4Si/c1-9-19(22)20(16(2)14-25-26(7,8)21(3,4)5)24-15-17-10-12-18(23-6)13-11-17/h9-13,16,19-20,22H,1,14-15H2,2-8H3/t16-,19+,20+/m1/s1. The normalized spacial score (nSPS) is 16.0. The van der Waals surface area contributed by atoms with Crippen molar-refractivity contribution in [2.75, 3.05) is 13.7 Å². The van der Waals surface area contributed by atoms with Gasteiger partial charge in [-0.15, -0.1) is 6.58 Å². The van der Waals surface area contributed by atoms with E-state index in [-0.39, 0.29) is 17.1 Å². The first-order chi connectivity index (χ1) is 12.0. The Kier molecular flexibility index (Phi) is 8.54. The van der Waals surface area contributed by atoms with Crippen molar-refractivity contribution in [1.82, 2.24) is 0 Å². The molecule has 0 aliphatic carbocycles. The minimum absolute atomic E-state index is 0.0513. The van der Waals surface area contributed by atoms with Gasteiger partial charge in [-0.1, -0.05) is 45.9 Å². The molecule has 0 saturated carbocycles. The molecule has 0 bridgehead atoms. The Morgan fingerprint density at radius 2 is 1.77 bits per heavy atom. The molecule has 0 fully saturated rings. The van der Waals surface area contributed by atoms with Gasteiger partial charge in [-0.3, -0.25) is 0 Å². The molecule has 0 aliphatic heterocycles. The fraction of sp³-hybridized carbons (Fsp3) is 0.619. The molecule has 0 spiro atoms. The van der Waals surface area contributed by atoms with Crippen LogP contribution in [0.4, 0.5) is 0 Å². The molecular formula is C21H36O4Si. The molecule has 3 atom stereocenters. The summed E-state index contributed by atoms with van der Waals surface area (Å²) in [5, 5.41) is 10.5. The Bertz CT molecular complexity index is 548. The molecular weight excluding hydrogens is 344 g/mol. The Hall–Kier alpha value is -1.14. The van der Waals surface area contributed by atoms with E-state index in [1.807, 2.05) is 24.3 Å². The highest BCUT2D eigenvalue weighted by molar-refractivity contribution is 6.74. The quantitative estimate of drug-likeness (QED) is 0.468. The van der Waals surface area contributed by atoms with Gasteiger partial charge in [-0.25, -0.2) is 0 Å². The lowest BCUT2D eigenvalue weighted by molar-refractivity contribution is -0.0648. The van der Waals surface area contributed by atoms with E-state index < -0.39 is 14.4 Å². The first kappa shape index (κ1) is 22.9. The molecule has 0 aromatic heterocycles. The zero-order chi connectivity index (χ0) is 20.0. The molecule has 0 heterocycles. The number of hydrogen-bond acceptors (Lipinski definition) is 4. The highest BCUT2D eigenvalue weighted by atomic mass is 28.4. The second-order valence-electron chi connectivity index (χ2n) is 8.40. The van der Waals surface area contributed by atoms with E-state index in [9.17, 15) is 5.11 Å². The number of rotatable bonds is 10. The number of ether oxygens (including phenoxy) is 2. The highest BCUT2D eigenvalue weighted by Crippen LogP contribution is 2.37. The third kappa shape index (κ3) is 6.54. The smallest absolute Gasteiger partial charge is 0.191 e. The summed E-state index contributed by atoms with van der Waals surface area (Å²) in [6, 6.07) is 7.74. The van der Waals surface area contributed by atoms with Crippen molar-refractivity contribution in [3.8, 4) is 5.75 Å². The monoisotopic (exact) mass is 380 g/mol. The maximum Gasteiger partial charge on any atom is 0.191 e. The number of methoxy groups -OCH3 is 1. The van der Waals surface area contributed by atoms with Crippen LogP contribution in [-0.4, -0.2) is 39.3 Å². The van der Waals surface area contributed by atoms with Crippen molar-refractivity contribution in [2.45, 2.75) is 64.6 Å². The first-order valence-corrected chi connectivity index (χ1v) is 12.1. The Morgan fingerprint density at radius 1 is 1.19 bits per heavy atom. The molecule has 0 radical (unpaired) electrons. The van der Waals surface area contributed by atoms with E-state index >= 15 is 0 Å². The molecule has 1 aromatic carbocycles. The van der Waals surface area contributed by atoms with Crippen molar-refractivity contribution in [2.24, 2.45) is 5.92 Å². The Labute approximate surface area is 160 Å². The van der Waals surface area contributed by atoms with Crippen LogP contribution in [-0.2, 0) is 15.8 Å². The molecule has 0 amide bonds. The fourth-order valence-electron chi connectivity index (χ4n) is 2.30.